The number of benzene rings is 3. The zero-order valence-corrected chi connectivity index (χ0v) is 23.7. The Balaban J connectivity index is 1.82. The minimum Gasteiger partial charge on any atom is -0.455 e. The van der Waals surface area contributed by atoms with Gasteiger partial charge in [-0.25, -0.2) is 4.79 Å². The average Bonchev–Trinajstić information content (AvgIpc) is 2.95. The molecule has 5 atom stereocenters. The number of hydrogen-bond acceptors (Lipinski definition) is 6. The monoisotopic (exact) mass is 545 g/mol. The number of esters is 1. The number of carbonyl (C=O) groups excluding carboxylic acids is 1. The molecule has 4 rings (SSSR count). The summed E-state index contributed by atoms with van der Waals surface area (Å²) < 4.78 is 19.3. The van der Waals surface area contributed by atoms with Crippen molar-refractivity contribution in [2.45, 2.75) is 69.8 Å². The molecule has 0 aromatic heterocycles. The molecule has 0 saturated carbocycles. The van der Waals surface area contributed by atoms with Crippen LogP contribution in [0.1, 0.15) is 44.5 Å². The van der Waals surface area contributed by atoms with Gasteiger partial charge in [0.25, 0.3) is 8.32 Å². The summed E-state index contributed by atoms with van der Waals surface area (Å²) in [5.41, 5.74) is 9.87. The number of ether oxygens (including phenoxy) is 2. The minimum absolute atomic E-state index is 0.327. The summed E-state index contributed by atoms with van der Waals surface area (Å²) in [6.07, 6.45) is -3.72. The van der Waals surface area contributed by atoms with E-state index in [1.165, 1.54) is 0 Å². The van der Waals surface area contributed by atoms with E-state index in [1.807, 2.05) is 43.3 Å². The van der Waals surface area contributed by atoms with Crippen LogP contribution in [-0.4, -0.2) is 50.0 Å². The maximum Gasteiger partial charge on any atom is 0.338 e. The molecule has 1 aliphatic rings. The van der Waals surface area contributed by atoms with Crippen LogP contribution in [0.25, 0.3) is 10.4 Å². The first-order chi connectivity index (χ1) is 18.7. The molecule has 0 aliphatic carbocycles. The molecular weight excluding hydrogens is 510 g/mol. The van der Waals surface area contributed by atoms with Crippen LogP contribution >= 0.6 is 0 Å². The van der Waals surface area contributed by atoms with Crippen molar-refractivity contribution in [3.8, 4) is 0 Å². The Morgan fingerprint density at radius 3 is 1.95 bits per heavy atom. The fourth-order valence-electron chi connectivity index (χ4n) is 5.29. The molecule has 0 bridgehead atoms. The second-order valence-corrected chi connectivity index (χ2v) is 14.9. The lowest BCUT2D eigenvalue weighted by molar-refractivity contribution is -0.235. The van der Waals surface area contributed by atoms with Gasteiger partial charge in [-0.2, -0.15) is 0 Å². The molecule has 1 fully saturated rings. The molecule has 0 radical (unpaired) electrons. The third-order valence-electron chi connectivity index (χ3n) is 7.19. The van der Waals surface area contributed by atoms with Crippen LogP contribution in [0.5, 0.6) is 0 Å². The van der Waals surface area contributed by atoms with Gasteiger partial charge in [0, 0.05) is 4.91 Å². The first-order valence-corrected chi connectivity index (χ1v) is 15.1. The quantitative estimate of drug-likeness (QED) is 0.141. The molecular formula is C30H35N3O5Si. The van der Waals surface area contributed by atoms with Crippen molar-refractivity contribution in [3.05, 3.63) is 107 Å². The molecule has 8 nitrogen and oxygen atoms in total. The van der Waals surface area contributed by atoms with Crippen LogP contribution in [-0.2, 0) is 13.9 Å². The number of aliphatic hydroxyl groups is 1. The van der Waals surface area contributed by atoms with Gasteiger partial charge in [-0.05, 0) is 39.5 Å². The third kappa shape index (κ3) is 5.78. The van der Waals surface area contributed by atoms with E-state index >= 15 is 0 Å². The lowest BCUT2D eigenvalue weighted by atomic mass is 9.95. The van der Waals surface area contributed by atoms with Gasteiger partial charge < -0.3 is 19.0 Å². The lowest BCUT2D eigenvalue weighted by Gasteiger charge is -2.49. The summed E-state index contributed by atoms with van der Waals surface area (Å²) in [5.74, 6) is -0.626. The van der Waals surface area contributed by atoms with Crippen molar-refractivity contribution < 1.29 is 23.8 Å². The Labute approximate surface area is 230 Å². The number of rotatable bonds is 8. The molecule has 39 heavy (non-hydrogen) atoms. The normalized spacial score (nSPS) is 23.5. The molecule has 0 spiro atoms. The Bertz CT molecular complexity index is 1240. The van der Waals surface area contributed by atoms with Crippen LogP contribution in [0.3, 0.4) is 0 Å². The fourth-order valence-corrected chi connectivity index (χ4v) is 9.85. The SMILES string of the molecule is CCC1O[C@@H](O[Si](c2ccccc2)(c2ccccc2)C(C)(C)C)C(N=[N+]=[N-])[C@@H](OC(=O)c2ccccc2)[C@@H]1O. The second-order valence-electron chi connectivity index (χ2n) is 10.7. The van der Waals surface area contributed by atoms with Crippen molar-refractivity contribution in [1.29, 1.82) is 0 Å². The van der Waals surface area contributed by atoms with E-state index in [4.69, 9.17) is 13.9 Å². The second kappa shape index (κ2) is 12.2. The summed E-state index contributed by atoms with van der Waals surface area (Å²) >= 11 is 0. The van der Waals surface area contributed by atoms with Gasteiger partial charge in [-0.3, -0.25) is 0 Å². The molecule has 1 saturated heterocycles. The molecule has 1 N–H and O–H groups in total. The summed E-state index contributed by atoms with van der Waals surface area (Å²) in [6, 6.07) is 27.4. The lowest BCUT2D eigenvalue weighted by Crippen LogP contribution is -2.70. The molecule has 3 aromatic carbocycles. The van der Waals surface area contributed by atoms with Crippen LogP contribution in [0.2, 0.25) is 5.04 Å². The summed E-state index contributed by atoms with van der Waals surface area (Å²) in [5, 5.41) is 16.8. The van der Waals surface area contributed by atoms with Gasteiger partial charge in [-0.1, -0.05) is 112 Å². The van der Waals surface area contributed by atoms with Gasteiger partial charge in [0.05, 0.1) is 11.7 Å². The van der Waals surface area contributed by atoms with Crippen molar-refractivity contribution in [2.75, 3.05) is 0 Å². The van der Waals surface area contributed by atoms with E-state index in [9.17, 15) is 15.4 Å². The van der Waals surface area contributed by atoms with E-state index in [0.29, 0.717) is 12.0 Å². The third-order valence-corrected chi connectivity index (χ3v) is 12.2. The highest BCUT2D eigenvalue weighted by atomic mass is 28.4. The molecule has 1 aliphatic heterocycles. The van der Waals surface area contributed by atoms with Crippen molar-refractivity contribution >= 4 is 24.7 Å². The van der Waals surface area contributed by atoms with E-state index in [1.54, 1.807) is 30.3 Å². The largest absolute Gasteiger partial charge is 0.455 e. The molecule has 9 heteroatoms. The Hall–Kier alpha value is -3.46. The number of hydrogen-bond donors (Lipinski definition) is 1. The Morgan fingerprint density at radius 2 is 1.49 bits per heavy atom. The van der Waals surface area contributed by atoms with Gasteiger partial charge in [0.1, 0.15) is 18.2 Å². The van der Waals surface area contributed by atoms with Crippen LogP contribution in [0, 0.1) is 0 Å². The fraction of sp³-hybridized carbons (Fsp3) is 0.367. The van der Waals surface area contributed by atoms with Gasteiger partial charge in [0.2, 0.25) is 0 Å². The minimum atomic E-state index is -3.14. The zero-order chi connectivity index (χ0) is 28.0. The van der Waals surface area contributed by atoms with E-state index in [0.717, 1.165) is 10.4 Å². The van der Waals surface area contributed by atoms with Gasteiger partial charge >= 0.3 is 5.97 Å². The zero-order valence-electron chi connectivity index (χ0n) is 22.7. The van der Waals surface area contributed by atoms with E-state index in [2.05, 4.69) is 55.1 Å². The molecule has 1 heterocycles. The molecule has 2 unspecified atom stereocenters. The van der Waals surface area contributed by atoms with Crippen LogP contribution in [0.15, 0.2) is 96.1 Å². The van der Waals surface area contributed by atoms with E-state index < -0.39 is 44.9 Å². The van der Waals surface area contributed by atoms with Crippen LogP contribution in [0.4, 0.5) is 0 Å². The smallest absolute Gasteiger partial charge is 0.338 e. The van der Waals surface area contributed by atoms with Gasteiger partial charge in [-0.15, -0.1) is 0 Å². The average molecular weight is 546 g/mol. The van der Waals surface area contributed by atoms with Crippen LogP contribution < -0.4 is 10.4 Å². The Morgan fingerprint density at radius 1 is 0.974 bits per heavy atom. The molecule has 3 aromatic rings. The number of aliphatic hydroxyl groups excluding tert-OH is 1. The highest BCUT2D eigenvalue weighted by Crippen LogP contribution is 2.40. The van der Waals surface area contributed by atoms with Crippen molar-refractivity contribution in [1.82, 2.24) is 0 Å². The van der Waals surface area contributed by atoms with Crippen molar-refractivity contribution in [3.63, 3.8) is 0 Å². The Kier molecular flexibility index (Phi) is 8.89. The predicted molar refractivity (Wildman–Crippen MR) is 152 cm³/mol. The maximum absolute atomic E-state index is 13.1. The molecule has 0 amide bonds. The van der Waals surface area contributed by atoms with E-state index in [-0.39, 0.29) is 5.04 Å². The first kappa shape index (κ1) is 28.5. The highest BCUT2D eigenvalue weighted by molar-refractivity contribution is 6.99. The standard InChI is InChI=1S/C30H35N3O5Si/c1-5-24-26(34)27(37-28(35)21-15-9-6-10-16-21)25(32-33-31)29(36-24)38-39(30(2,3)4,22-17-11-7-12-18-22)23-19-13-8-14-20-23/h6-20,24-27,29,34H,5H2,1-4H3/t24?,25?,26-,27-,29+/m1/s1. The van der Waals surface area contributed by atoms with Gasteiger partial charge in [0.15, 0.2) is 6.29 Å². The summed E-state index contributed by atoms with van der Waals surface area (Å²) in [4.78, 5) is 16.1. The highest BCUT2D eigenvalue weighted by Gasteiger charge is 2.56. The summed E-state index contributed by atoms with van der Waals surface area (Å²) in [7, 11) is -3.14. The maximum atomic E-state index is 13.1. The predicted octanol–water partition coefficient (Wildman–Crippen LogP) is 4.96. The first-order valence-electron chi connectivity index (χ1n) is 13.2. The topological polar surface area (TPSA) is 114 Å². The molecule has 204 valence electrons. The number of carbonyl (C=O) groups is 1. The number of nitrogens with zero attached hydrogens (tertiary/aromatic N) is 3. The number of azide groups is 1. The van der Waals surface area contributed by atoms with Crippen molar-refractivity contribution in [2.24, 2.45) is 5.11 Å². The summed E-state index contributed by atoms with van der Waals surface area (Å²) in [6.45, 7) is 8.26.